The molecule has 0 bridgehead atoms. The molecule has 0 aromatic heterocycles. The first-order valence-corrected chi connectivity index (χ1v) is 15.5. The monoisotopic (exact) mass is 625 g/mol. The second-order valence-corrected chi connectivity index (χ2v) is 12.4. The zero-order chi connectivity index (χ0) is 31.7. The number of aliphatic hydroxyl groups is 1. The lowest BCUT2D eigenvalue weighted by atomic mass is 10.00. The lowest BCUT2D eigenvalue weighted by Gasteiger charge is -2.25. The fraction of sp³-hybridized carbons (Fsp3) is 0.242. The molecule has 0 radical (unpaired) electrons. The van der Waals surface area contributed by atoms with Crippen molar-refractivity contribution in [2.45, 2.75) is 37.0 Å². The van der Waals surface area contributed by atoms with Gasteiger partial charge in [0.1, 0.15) is 0 Å². The van der Waals surface area contributed by atoms with Crippen molar-refractivity contribution in [2.24, 2.45) is 0 Å². The summed E-state index contributed by atoms with van der Waals surface area (Å²) in [4.78, 5) is 13.4. The molecule has 2 atom stereocenters. The number of alkyl halides is 3. The van der Waals surface area contributed by atoms with E-state index in [9.17, 15) is 31.5 Å². The van der Waals surface area contributed by atoms with E-state index in [-0.39, 0.29) is 30.8 Å². The molecule has 3 N–H and O–H groups in total. The van der Waals surface area contributed by atoms with Crippen molar-refractivity contribution in [2.75, 3.05) is 17.9 Å². The number of aliphatic hydroxyl groups excluding tert-OH is 1. The van der Waals surface area contributed by atoms with Crippen LogP contribution in [-0.2, 0) is 34.9 Å². The predicted octanol–water partition coefficient (Wildman–Crippen LogP) is 5.16. The Morgan fingerprint density at radius 1 is 0.841 bits per heavy atom. The molecule has 4 aromatic carbocycles. The topological polar surface area (TPSA) is 98.7 Å². The molecule has 7 nitrogen and oxygen atoms in total. The Bertz CT molecular complexity index is 1640. The number of amides is 1. The number of nitrogens with zero attached hydrogens (tertiary/aromatic N) is 1. The molecule has 0 unspecified atom stereocenters. The van der Waals surface area contributed by atoms with Gasteiger partial charge in [-0.25, -0.2) is 8.42 Å². The van der Waals surface area contributed by atoms with E-state index in [0.29, 0.717) is 16.8 Å². The standard InChI is InChI=1S/C33H34F3N3O4S/c1-39(44(42,43)23-25-12-6-3-7-13-25)29-17-9-15-27(20-29)32(41)38-30(19-24-10-4-2-5-11-24)31(40)22-37-21-26-14-8-16-28(18-26)33(34,35)36/h2-18,20,30-31,37,40H,19,21-23H2,1H3,(H,38,41)/t30-,31-/m0/s1. The van der Waals surface area contributed by atoms with Crippen molar-refractivity contribution in [3.8, 4) is 0 Å². The van der Waals surface area contributed by atoms with Gasteiger partial charge in [-0.15, -0.1) is 0 Å². The van der Waals surface area contributed by atoms with Gasteiger partial charge < -0.3 is 15.7 Å². The lowest BCUT2D eigenvalue weighted by Crippen LogP contribution is -2.48. The summed E-state index contributed by atoms with van der Waals surface area (Å²) in [6, 6.07) is 28.4. The highest BCUT2D eigenvalue weighted by atomic mass is 32.2. The Balaban J connectivity index is 1.45. The third kappa shape index (κ3) is 9.15. The Labute approximate surface area is 255 Å². The number of anilines is 1. The van der Waals surface area contributed by atoms with E-state index in [1.807, 2.05) is 30.3 Å². The smallest absolute Gasteiger partial charge is 0.390 e. The number of nitrogens with one attached hydrogen (secondary N) is 2. The maximum absolute atomic E-state index is 13.4. The summed E-state index contributed by atoms with van der Waals surface area (Å²) in [5, 5.41) is 16.9. The number of hydrogen-bond donors (Lipinski definition) is 3. The number of sulfonamides is 1. The van der Waals surface area contributed by atoms with Crippen LogP contribution in [-0.4, -0.2) is 45.2 Å². The molecule has 1 amide bonds. The molecule has 11 heteroatoms. The molecule has 0 saturated carbocycles. The molecular weight excluding hydrogens is 591 g/mol. The number of benzene rings is 4. The maximum atomic E-state index is 13.4. The fourth-order valence-electron chi connectivity index (χ4n) is 4.65. The number of carbonyl (C=O) groups is 1. The minimum Gasteiger partial charge on any atom is -0.390 e. The lowest BCUT2D eigenvalue weighted by molar-refractivity contribution is -0.137. The summed E-state index contributed by atoms with van der Waals surface area (Å²) in [5.74, 6) is -0.724. The molecule has 4 aromatic rings. The number of hydrogen-bond acceptors (Lipinski definition) is 5. The average molecular weight is 626 g/mol. The molecule has 0 fully saturated rings. The van der Waals surface area contributed by atoms with Gasteiger partial charge in [0, 0.05) is 25.7 Å². The van der Waals surface area contributed by atoms with Gasteiger partial charge in [0.2, 0.25) is 10.0 Å². The molecule has 0 saturated heterocycles. The fourth-order valence-corrected chi connectivity index (χ4v) is 5.89. The van der Waals surface area contributed by atoms with E-state index in [2.05, 4.69) is 10.6 Å². The highest BCUT2D eigenvalue weighted by Crippen LogP contribution is 2.29. The van der Waals surface area contributed by atoms with Crippen LogP contribution < -0.4 is 14.9 Å². The van der Waals surface area contributed by atoms with Crippen LogP contribution in [0.2, 0.25) is 0 Å². The Morgan fingerprint density at radius 2 is 1.45 bits per heavy atom. The summed E-state index contributed by atoms with van der Waals surface area (Å²) in [6.07, 6.45) is -5.27. The molecule has 232 valence electrons. The number of halogens is 3. The van der Waals surface area contributed by atoms with Gasteiger partial charge in [-0.1, -0.05) is 84.9 Å². The van der Waals surface area contributed by atoms with Gasteiger partial charge in [-0.05, 0) is 47.4 Å². The molecule has 44 heavy (non-hydrogen) atoms. The maximum Gasteiger partial charge on any atom is 0.416 e. The Hall–Kier alpha value is -4.19. The first kappa shape index (κ1) is 32.7. The largest absolute Gasteiger partial charge is 0.416 e. The summed E-state index contributed by atoms with van der Waals surface area (Å²) >= 11 is 0. The van der Waals surface area contributed by atoms with E-state index in [0.717, 1.165) is 22.0 Å². The normalized spacial score (nSPS) is 13.2. The van der Waals surface area contributed by atoms with Crippen LogP contribution in [0.5, 0.6) is 0 Å². The summed E-state index contributed by atoms with van der Waals surface area (Å²) in [7, 11) is -2.32. The molecular formula is C33H34F3N3O4S. The van der Waals surface area contributed by atoms with Gasteiger partial charge in [-0.3, -0.25) is 9.10 Å². The van der Waals surface area contributed by atoms with Gasteiger partial charge in [0.15, 0.2) is 0 Å². The second-order valence-electron chi connectivity index (χ2n) is 10.4. The van der Waals surface area contributed by atoms with E-state index in [4.69, 9.17) is 0 Å². The van der Waals surface area contributed by atoms with Crippen LogP contribution in [0.3, 0.4) is 0 Å². The third-order valence-corrected chi connectivity index (χ3v) is 8.84. The molecule has 0 heterocycles. The minimum absolute atomic E-state index is 0.00542. The molecule has 0 aliphatic carbocycles. The predicted molar refractivity (Wildman–Crippen MR) is 164 cm³/mol. The van der Waals surface area contributed by atoms with Crippen LogP contribution in [0, 0.1) is 0 Å². The van der Waals surface area contributed by atoms with Crippen LogP contribution in [0.1, 0.15) is 32.6 Å². The minimum atomic E-state index is -4.46. The molecule has 0 aliphatic heterocycles. The first-order valence-electron chi connectivity index (χ1n) is 13.9. The van der Waals surface area contributed by atoms with Crippen molar-refractivity contribution in [3.63, 3.8) is 0 Å². The van der Waals surface area contributed by atoms with Gasteiger partial charge in [0.05, 0.1) is 29.1 Å². The Kier molecular flexibility index (Phi) is 10.8. The third-order valence-electron chi connectivity index (χ3n) is 7.10. The zero-order valence-electron chi connectivity index (χ0n) is 24.0. The molecule has 0 aliphatic rings. The van der Waals surface area contributed by atoms with Crippen molar-refractivity contribution in [3.05, 3.63) is 137 Å². The van der Waals surface area contributed by atoms with Gasteiger partial charge in [0.25, 0.3) is 5.91 Å². The van der Waals surface area contributed by atoms with Crippen molar-refractivity contribution in [1.82, 2.24) is 10.6 Å². The summed E-state index contributed by atoms with van der Waals surface area (Å²) < 4.78 is 66.5. The summed E-state index contributed by atoms with van der Waals surface area (Å²) in [6.45, 7) is 0.0767. The van der Waals surface area contributed by atoms with Crippen molar-refractivity contribution < 1.29 is 31.5 Å². The van der Waals surface area contributed by atoms with E-state index in [1.54, 1.807) is 54.6 Å². The van der Waals surface area contributed by atoms with E-state index < -0.39 is 39.8 Å². The van der Waals surface area contributed by atoms with Crippen LogP contribution in [0.25, 0.3) is 0 Å². The zero-order valence-corrected chi connectivity index (χ0v) is 24.9. The van der Waals surface area contributed by atoms with Crippen LogP contribution >= 0.6 is 0 Å². The second kappa shape index (κ2) is 14.5. The van der Waals surface area contributed by atoms with Crippen LogP contribution in [0.4, 0.5) is 18.9 Å². The van der Waals surface area contributed by atoms with Gasteiger partial charge in [-0.2, -0.15) is 13.2 Å². The van der Waals surface area contributed by atoms with Crippen molar-refractivity contribution >= 4 is 21.6 Å². The Morgan fingerprint density at radius 3 is 2.11 bits per heavy atom. The van der Waals surface area contributed by atoms with E-state index >= 15 is 0 Å². The highest BCUT2D eigenvalue weighted by molar-refractivity contribution is 7.92. The SMILES string of the molecule is CN(c1cccc(C(=O)N[C@@H](Cc2ccccc2)[C@@H](O)CNCc2cccc(C(F)(F)F)c2)c1)S(=O)(=O)Cc1ccccc1. The average Bonchev–Trinajstić information content (AvgIpc) is 3.01. The van der Waals surface area contributed by atoms with Crippen LogP contribution in [0.15, 0.2) is 109 Å². The molecule has 0 spiro atoms. The van der Waals surface area contributed by atoms with Gasteiger partial charge >= 0.3 is 6.18 Å². The summed E-state index contributed by atoms with van der Waals surface area (Å²) in [5.41, 5.74) is 1.64. The molecule has 4 rings (SSSR count). The van der Waals surface area contributed by atoms with Crippen molar-refractivity contribution in [1.29, 1.82) is 0 Å². The number of carbonyl (C=O) groups excluding carboxylic acids is 1. The number of rotatable bonds is 13. The first-order chi connectivity index (χ1) is 20.9. The highest BCUT2D eigenvalue weighted by Gasteiger charge is 2.30. The quantitative estimate of drug-likeness (QED) is 0.191. The van der Waals surface area contributed by atoms with E-state index in [1.165, 1.54) is 19.2 Å².